The minimum Gasteiger partial charge on any atom is -0.347 e. The number of carbonyl (C=O) groups excluding carboxylic acids is 1. The lowest BCUT2D eigenvalue weighted by atomic mass is 10.1. The van der Waals surface area contributed by atoms with Gasteiger partial charge in [-0.3, -0.25) is 9.48 Å². The fraction of sp³-hybridized carbons (Fsp3) is 0.412. The first-order valence-electron chi connectivity index (χ1n) is 7.62. The van der Waals surface area contributed by atoms with Crippen LogP contribution >= 0.6 is 11.6 Å². The molecule has 0 aliphatic heterocycles. The van der Waals surface area contributed by atoms with Crippen LogP contribution in [0.1, 0.15) is 42.2 Å². The Morgan fingerprint density at radius 3 is 3.00 bits per heavy atom. The van der Waals surface area contributed by atoms with Crippen molar-refractivity contribution in [2.45, 2.75) is 38.8 Å². The van der Waals surface area contributed by atoms with Gasteiger partial charge in [0, 0.05) is 29.7 Å². The molecule has 0 saturated heterocycles. The van der Waals surface area contributed by atoms with Gasteiger partial charge < -0.3 is 5.32 Å². The normalized spacial score (nSPS) is 20.2. The molecule has 2 atom stereocenters. The minimum absolute atomic E-state index is 0.0484. The standard InChI is InChI=1S/C17H20ClN3O/c1-11(2)10-21-16(6-7-19-21)17(22)20-15-9-14(15)12-4-3-5-13(18)8-12/h3-8,11,14-15H,9-10H2,1-2H3,(H,20,22)/t14-,15+/m0/s1. The predicted octanol–water partition coefficient (Wildman–Crippen LogP) is 3.48. The Morgan fingerprint density at radius 1 is 1.45 bits per heavy atom. The second-order valence-electron chi connectivity index (χ2n) is 6.27. The molecule has 1 aromatic heterocycles. The van der Waals surface area contributed by atoms with Crippen molar-refractivity contribution < 1.29 is 4.79 Å². The molecule has 4 nitrogen and oxygen atoms in total. The number of nitrogens with one attached hydrogen (secondary N) is 1. The molecule has 0 bridgehead atoms. The quantitative estimate of drug-likeness (QED) is 0.917. The van der Waals surface area contributed by atoms with Crippen molar-refractivity contribution in [1.82, 2.24) is 15.1 Å². The Hall–Kier alpha value is -1.81. The molecule has 116 valence electrons. The van der Waals surface area contributed by atoms with Gasteiger partial charge in [0.1, 0.15) is 5.69 Å². The topological polar surface area (TPSA) is 46.9 Å². The van der Waals surface area contributed by atoms with Crippen molar-refractivity contribution in [2.75, 3.05) is 0 Å². The first-order chi connectivity index (χ1) is 10.5. The van der Waals surface area contributed by atoms with Crippen LogP contribution in [-0.2, 0) is 6.54 Å². The van der Waals surface area contributed by atoms with E-state index in [0.29, 0.717) is 17.5 Å². The number of halogens is 1. The number of nitrogens with zero attached hydrogens (tertiary/aromatic N) is 2. The van der Waals surface area contributed by atoms with Crippen LogP contribution < -0.4 is 5.32 Å². The molecule has 0 unspecified atom stereocenters. The zero-order valence-electron chi connectivity index (χ0n) is 12.8. The maximum absolute atomic E-state index is 12.4. The molecule has 1 heterocycles. The van der Waals surface area contributed by atoms with Crippen LogP contribution in [0, 0.1) is 5.92 Å². The van der Waals surface area contributed by atoms with Crippen LogP contribution in [0.2, 0.25) is 5.02 Å². The van der Waals surface area contributed by atoms with E-state index in [1.165, 1.54) is 5.56 Å². The number of benzene rings is 1. The number of carbonyl (C=O) groups is 1. The van der Waals surface area contributed by atoms with Crippen molar-refractivity contribution in [3.8, 4) is 0 Å². The van der Waals surface area contributed by atoms with Gasteiger partial charge in [-0.15, -0.1) is 0 Å². The zero-order chi connectivity index (χ0) is 15.7. The third-order valence-corrected chi connectivity index (χ3v) is 4.11. The van der Waals surface area contributed by atoms with Crippen molar-refractivity contribution in [1.29, 1.82) is 0 Å². The van der Waals surface area contributed by atoms with E-state index >= 15 is 0 Å². The van der Waals surface area contributed by atoms with Gasteiger partial charge in [-0.2, -0.15) is 5.10 Å². The van der Waals surface area contributed by atoms with Crippen molar-refractivity contribution >= 4 is 17.5 Å². The molecular formula is C17H20ClN3O. The van der Waals surface area contributed by atoms with Gasteiger partial charge in [-0.25, -0.2) is 0 Å². The highest BCUT2D eigenvalue weighted by Gasteiger charge is 2.40. The maximum Gasteiger partial charge on any atom is 0.269 e. The summed E-state index contributed by atoms with van der Waals surface area (Å²) in [6, 6.07) is 9.81. The number of rotatable bonds is 5. The van der Waals surface area contributed by atoms with E-state index in [9.17, 15) is 4.79 Å². The molecule has 1 fully saturated rings. The van der Waals surface area contributed by atoms with Crippen molar-refractivity contribution in [3.63, 3.8) is 0 Å². The Labute approximate surface area is 135 Å². The molecule has 0 spiro atoms. The smallest absolute Gasteiger partial charge is 0.269 e. The third kappa shape index (κ3) is 3.33. The lowest BCUT2D eigenvalue weighted by molar-refractivity contribution is 0.0938. The summed E-state index contributed by atoms with van der Waals surface area (Å²) in [5, 5.41) is 8.07. The summed E-state index contributed by atoms with van der Waals surface area (Å²) in [6.45, 7) is 4.97. The molecule has 1 aromatic carbocycles. The molecule has 1 N–H and O–H groups in total. The first kappa shape index (κ1) is 15.1. The molecule has 1 saturated carbocycles. The van der Waals surface area contributed by atoms with Gasteiger partial charge in [-0.1, -0.05) is 37.6 Å². The highest BCUT2D eigenvalue weighted by atomic mass is 35.5. The molecule has 1 aliphatic rings. The molecule has 0 radical (unpaired) electrons. The summed E-state index contributed by atoms with van der Waals surface area (Å²) in [4.78, 5) is 12.4. The lowest BCUT2D eigenvalue weighted by Crippen LogP contribution is -2.29. The van der Waals surface area contributed by atoms with Crippen LogP contribution in [0.4, 0.5) is 0 Å². The largest absolute Gasteiger partial charge is 0.347 e. The predicted molar refractivity (Wildman–Crippen MR) is 87.1 cm³/mol. The maximum atomic E-state index is 12.4. The molecular weight excluding hydrogens is 298 g/mol. The monoisotopic (exact) mass is 317 g/mol. The summed E-state index contributed by atoms with van der Waals surface area (Å²) in [7, 11) is 0. The molecule has 22 heavy (non-hydrogen) atoms. The molecule has 2 aromatic rings. The third-order valence-electron chi connectivity index (χ3n) is 3.87. The van der Waals surface area contributed by atoms with Crippen molar-refractivity contribution in [2.24, 2.45) is 5.92 Å². The summed E-state index contributed by atoms with van der Waals surface area (Å²) in [6.07, 6.45) is 2.64. The summed E-state index contributed by atoms with van der Waals surface area (Å²) in [5.74, 6) is 0.767. The van der Waals surface area contributed by atoms with E-state index in [1.54, 1.807) is 16.9 Å². The van der Waals surface area contributed by atoms with Crippen LogP contribution in [0.15, 0.2) is 36.5 Å². The molecule has 1 aliphatic carbocycles. The molecule has 1 amide bonds. The number of hydrogen-bond acceptors (Lipinski definition) is 2. The summed E-state index contributed by atoms with van der Waals surface area (Å²) < 4.78 is 1.77. The minimum atomic E-state index is -0.0484. The average Bonchev–Trinajstić information content (AvgIpc) is 3.06. The van der Waals surface area contributed by atoms with Crippen LogP contribution in [0.3, 0.4) is 0 Å². The van der Waals surface area contributed by atoms with E-state index < -0.39 is 0 Å². The second kappa shape index (κ2) is 6.13. The van der Waals surface area contributed by atoms with E-state index in [-0.39, 0.29) is 11.9 Å². The Morgan fingerprint density at radius 2 is 2.27 bits per heavy atom. The van der Waals surface area contributed by atoms with E-state index in [0.717, 1.165) is 18.0 Å². The fourth-order valence-electron chi connectivity index (χ4n) is 2.72. The Kier molecular flexibility index (Phi) is 4.21. The van der Waals surface area contributed by atoms with Crippen molar-refractivity contribution in [3.05, 3.63) is 52.8 Å². The Balaban J connectivity index is 1.63. The first-order valence-corrected chi connectivity index (χ1v) is 8.00. The summed E-state index contributed by atoms with van der Waals surface area (Å²) >= 11 is 6.02. The second-order valence-corrected chi connectivity index (χ2v) is 6.71. The molecule has 5 heteroatoms. The summed E-state index contributed by atoms with van der Waals surface area (Å²) in [5.41, 5.74) is 1.82. The van der Waals surface area contributed by atoms with Gasteiger partial charge in [-0.05, 0) is 36.1 Å². The van der Waals surface area contributed by atoms with E-state index in [1.807, 2.05) is 18.2 Å². The van der Waals surface area contributed by atoms with Gasteiger partial charge in [0.05, 0.1) is 0 Å². The van der Waals surface area contributed by atoms with Gasteiger partial charge in [0.25, 0.3) is 5.91 Å². The SMILES string of the molecule is CC(C)Cn1nccc1C(=O)N[C@@H]1C[C@H]1c1cccc(Cl)c1. The van der Waals surface area contributed by atoms with Crippen LogP contribution in [-0.4, -0.2) is 21.7 Å². The van der Waals surface area contributed by atoms with Gasteiger partial charge in [0.15, 0.2) is 0 Å². The van der Waals surface area contributed by atoms with Gasteiger partial charge >= 0.3 is 0 Å². The van der Waals surface area contributed by atoms with Crippen LogP contribution in [0.5, 0.6) is 0 Å². The number of hydrogen-bond donors (Lipinski definition) is 1. The molecule has 3 rings (SSSR count). The highest BCUT2D eigenvalue weighted by molar-refractivity contribution is 6.30. The van der Waals surface area contributed by atoms with E-state index in [2.05, 4.69) is 30.3 Å². The number of amides is 1. The van der Waals surface area contributed by atoms with Gasteiger partial charge in [0.2, 0.25) is 0 Å². The fourth-order valence-corrected chi connectivity index (χ4v) is 2.92. The lowest BCUT2D eigenvalue weighted by Gasteiger charge is -2.10. The number of aromatic nitrogens is 2. The Bertz CT molecular complexity index is 680. The average molecular weight is 318 g/mol. The highest BCUT2D eigenvalue weighted by Crippen LogP contribution is 2.41. The zero-order valence-corrected chi connectivity index (χ0v) is 13.5. The van der Waals surface area contributed by atoms with E-state index in [4.69, 9.17) is 11.6 Å². The van der Waals surface area contributed by atoms with Crippen LogP contribution in [0.25, 0.3) is 0 Å².